The van der Waals surface area contributed by atoms with Gasteiger partial charge in [0.05, 0.1) is 0 Å². The molecule has 1 aliphatic heterocycles. The number of hydrogen-bond acceptors (Lipinski definition) is 5. The topological polar surface area (TPSA) is 116 Å². The average molecular weight is 352 g/mol. The van der Waals surface area contributed by atoms with Crippen molar-refractivity contribution in [2.75, 3.05) is 6.54 Å². The Morgan fingerprint density at radius 3 is 2.20 bits per heavy atom. The van der Waals surface area contributed by atoms with E-state index in [2.05, 4.69) is 5.32 Å². The molecule has 2 aliphatic rings. The molecule has 0 unspecified atom stereocenters. The summed E-state index contributed by atoms with van der Waals surface area (Å²) in [6.07, 6.45) is 4.15. The quantitative estimate of drug-likeness (QED) is 0.574. The van der Waals surface area contributed by atoms with Crippen molar-refractivity contribution < 1.29 is 24.0 Å². The number of urea groups is 2. The zero-order valence-corrected chi connectivity index (χ0v) is 14.8. The van der Waals surface area contributed by atoms with Gasteiger partial charge in [0.25, 0.3) is 0 Å². The molecule has 25 heavy (non-hydrogen) atoms. The summed E-state index contributed by atoms with van der Waals surface area (Å²) in [4.78, 5) is 61.7. The van der Waals surface area contributed by atoms with Crippen LogP contribution in [0.5, 0.6) is 0 Å². The lowest BCUT2D eigenvalue weighted by Crippen LogP contribution is -2.51. The van der Waals surface area contributed by atoms with Gasteiger partial charge in [-0.3, -0.25) is 24.6 Å². The van der Waals surface area contributed by atoms with E-state index in [1.165, 1.54) is 0 Å². The third kappa shape index (κ3) is 4.55. The fraction of sp³-hybridized carbons (Fsp3) is 0.688. The first-order valence-electron chi connectivity index (χ1n) is 8.41. The predicted octanol–water partition coefficient (Wildman–Crippen LogP) is 0.734. The summed E-state index contributed by atoms with van der Waals surface area (Å²) >= 11 is 0. The number of carbonyl (C=O) groups is 5. The maximum Gasteiger partial charge on any atom is 0.334 e. The van der Waals surface area contributed by atoms with Crippen LogP contribution in [0.2, 0.25) is 0 Å². The van der Waals surface area contributed by atoms with Crippen molar-refractivity contribution in [3.05, 3.63) is 0 Å². The Morgan fingerprint density at radius 1 is 1.04 bits per heavy atom. The van der Waals surface area contributed by atoms with Crippen LogP contribution in [0.3, 0.4) is 0 Å². The monoisotopic (exact) mass is 352 g/mol. The second-order valence-electron chi connectivity index (χ2n) is 7.39. The van der Waals surface area contributed by atoms with Gasteiger partial charge in [-0.1, -0.05) is 19.3 Å². The maximum atomic E-state index is 12.4. The highest BCUT2D eigenvalue weighted by Crippen LogP contribution is 2.26. The molecule has 0 aromatic rings. The molecular formula is C16H24N4O5. The minimum atomic E-state index is -1.03. The number of carbonyl (C=O) groups excluding carboxylic acids is 5. The number of rotatable bonds is 3. The fourth-order valence-electron chi connectivity index (χ4n) is 3.00. The Hall–Kier alpha value is -2.45. The highest BCUT2D eigenvalue weighted by Gasteiger charge is 2.48. The standard InChI is InChI=1S/C16H24N4O5/c1-16(2,3)18-14(24)17-11(21)9-19-12(22)13(23)20(15(19)25)10-7-5-4-6-8-10/h10H,4-9H2,1-3H3,(H2,17,18,21,24). The van der Waals surface area contributed by atoms with Crippen LogP contribution in [-0.4, -0.2) is 57.7 Å². The molecule has 0 spiro atoms. The van der Waals surface area contributed by atoms with Crippen molar-refractivity contribution in [3.8, 4) is 0 Å². The summed E-state index contributed by atoms with van der Waals surface area (Å²) in [5.74, 6) is -2.76. The number of nitrogens with one attached hydrogen (secondary N) is 2. The van der Waals surface area contributed by atoms with E-state index in [0.29, 0.717) is 17.7 Å². The van der Waals surface area contributed by atoms with Crippen molar-refractivity contribution in [2.45, 2.75) is 64.5 Å². The number of imide groups is 3. The van der Waals surface area contributed by atoms with E-state index in [9.17, 15) is 24.0 Å². The molecular weight excluding hydrogens is 328 g/mol. The molecule has 0 bridgehead atoms. The normalized spacial score (nSPS) is 19.4. The first-order chi connectivity index (χ1) is 11.6. The Bertz CT molecular complexity index is 604. The SMILES string of the molecule is CC(C)(C)NC(=O)NC(=O)CN1C(=O)C(=O)N(C2CCCCC2)C1=O. The van der Waals surface area contributed by atoms with Crippen LogP contribution in [0.4, 0.5) is 9.59 Å². The molecule has 0 radical (unpaired) electrons. The van der Waals surface area contributed by atoms with E-state index in [0.717, 1.165) is 24.2 Å². The van der Waals surface area contributed by atoms with Gasteiger partial charge in [-0.2, -0.15) is 0 Å². The van der Waals surface area contributed by atoms with Gasteiger partial charge in [0.15, 0.2) is 0 Å². The summed E-state index contributed by atoms with van der Waals surface area (Å²) in [6, 6.07) is -1.81. The Balaban J connectivity index is 1.98. The average Bonchev–Trinajstić information content (AvgIpc) is 2.70. The van der Waals surface area contributed by atoms with Gasteiger partial charge in [-0.05, 0) is 33.6 Å². The van der Waals surface area contributed by atoms with E-state index in [1.54, 1.807) is 20.8 Å². The first kappa shape index (κ1) is 18.9. The highest BCUT2D eigenvalue weighted by atomic mass is 16.2. The minimum absolute atomic E-state index is 0.296. The molecule has 138 valence electrons. The van der Waals surface area contributed by atoms with Gasteiger partial charge in [0.1, 0.15) is 6.54 Å². The zero-order chi connectivity index (χ0) is 18.8. The van der Waals surface area contributed by atoms with Crippen molar-refractivity contribution >= 4 is 29.8 Å². The largest absolute Gasteiger partial charge is 0.334 e. The van der Waals surface area contributed by atoms with Gasteiger partial charge in [0.2, 0.25) is 5.91 Å². The minimum Gasteiger partial charge on any atom is -0.333 e. The highest BCUT2D eigenvalue weighted by molar-refractivity contribution is 6.45. The molecule has 9 nitrogen and oxygen atoms in total. The molecule has 7 amide bonds. The summed E-state index contributed by atoms with van der Waals surface area (Å²) in [6.45, 7) is 4.56. The van der Waals surface area contributed by atoms with Crippen molar-refractivity contribution in [3.63, 3.8) is 0 Å². The van der Waals surface area contributed by atoms with Gasteiger partial charge in [-0.25, -0.2) is 14.5 Å². The second kappa shape index (κ2) is 7.20. The number of hydrogen-bond donors (Lipinski definition) is 2. The van der Waals surface area contributed by atoms with Crippen LogP contribution >= 0.6 is 0 Å². The third-order valence-electron chi connectivity index (χ3n) is 4.07. The molecule has 1 saturated carbocycles. The van der Waals surface area contributed by atoms with Crippen LogP contribution in [0.15, 0.2) is 0 Å². The third-order valence-corrected chi connectivity index (χ3v) is 4.07. The van der Waals surface area contributed by atoms with Crippen molar-refractivity contribution in [2.24, 2.45) is 0 Å². The molecule has 1 saturated heterocycles. The van der Waals surface area contributed by atoms with Crippen LogP contribution < -0.4 is 10.6 Å². The van der Waals surface area contributed by atoms with Crippen LogP contribution in [0.1, 0.15) is 52.9 Å². The molecule has 1 aliphatic carbocycles. The lowest BCUT2D eigenvalue weighted by atomic mass is 9.94. The summed E-state index contributed by atoms with van der Waals surface area (Å²) in [5, 5.41) is 4.58. The molecule has 0 atom stereocenters. The molecule has 9 heteroatoms. The summed E-state index contributed by atoms with van der Waals surface area (Å²) in [5.41, 5.74) is -0.544. The van der Waals surface area contributed by atoms with E-state index < -0.39 is 41.9 Å². The Morgan fingerprint density at radius 2 is 1.64 bits per heavy atom. The lowest BCUT2D eigenvalue weighted by molar-refractivity contribution is -0.144. The van der Waals surface area contributed by atoms with E-state index >= 15 is 0 Å². The van der Waals surface area contributed by atoms with Crippen LogP contribution in [-0.2, 0) is 14.4 Å². The molecule has 1 heterocycles. The van der Waals surface area contributed by atoms with Gasteiger partial charge < -0.3 is 5.32 Å². The van der Waals surface area contributed by atoms with Crippen molar-refractivity contribution in [1.29, 1.82) is 0 Å². The van der Waals surface area contributed by atoms with Gasteiger partial charge >= 0.3 is 23.9 Å². The van der Waals surface area contributed by atoms with Crippen LogP contribution in [0, 0.1) is 0 Å². The Kier molecular flexibility index (Phi) is 5.44. The molecule has 2 rings (SSSR count). The lowest BCUT2D eigenvalue weighted by Gasteiger charge is -2.28. The molecule has 2 N–H and O–H groups in total. The zero-order valence-electron chi connectivity index (χ0n) is 14.8. The van der Waals surface area contributed by atoms with E-state index in [4.69, 9.17) is 0 Å². The van der Waals surface area contributed by atoms with Gasteiger partial charge in [-0.15, -0.1) is 0 Å². The van der Waals surface area contributed by atoms with Gasteiger partial charge in [0, 0.05) is 11.6 Å². The van der Waals surface area contributed by atoms with Crippen molar-refractivity contribution in [1.82, 2.24) is 20.4 Å². The predicted molar refractivity (Wildman–Crippen MR) is 87.3 cm³/mol. The first-order valence-corrected chi connectivity index (χ1v) is 8.41. The number of nitrogens with zero attached hydrogens (tertiary/aromatic N) is 2. The number of amides is 7. The van der Waals surface area contributed by atoms with E-state index in [1.807, 2.05) is 5.32 Å². The molecule has 0 aromatic carbocycles. The summed E-state index contributed by atoms with van der Waals surface area (Å²) < 4.78 is 0. The Labute approximate surface area is 146 Å². The van der Waals surface area contributed by atoms with Crippen LogP contribution in [0.25, 0.3) is 0 Å². The molecule has 2 fully saturated rings. The second-order valence-corrected chi connectivity index (χ2v) is 7.39. The molecule has 0 aromatic heterocycles. The van der Waals surface area contributed by atoms with E-state index in [-0.39, 0.29) is 6.04 Å². The smallest absolute Gasteiger partial charge is 0.333 e. The summed E-state index contributed by atoms with van der Waals surface area (Å²) in [7, 11) is 0. The fourth-order valence-corrected chi connectivity index (χ4v) is 3.00. The maximum absolute atomic E-state index is 12.4.